The molecule has 3 aromatic rings. The molecule has 0 aliphatic carbocycles. The predicted octanol–water partition coefficient (Wildman–Crippen LogP) is 4.45. The molecule has 0 N–H and O–H groups in total. The summed E-state index contributed by atoms with van der Waals surface area (Å²) in [5.41, 5.74) is 1.93. The Kier molecular flexibility index (Phi) is 7.73. The maximum Gasteiger partial charge on any atom is 0.225 e. The van der Waals surface area contributed by atoms with Crippen LogP contribution in [-0.2, 0) is 4.79 Å². The van der Waals surface area contributed by atoms with Crippen molar-refractivity contribution in [2.45, 2.75) is 25.2 Å². The molecule has 1 aromatic heterocycles. The van der Waals surface area contributed by atoms with Crippen molar-refractivity contribution in [3.05, 3.63) is 89.8 Å². The molecule has 33 heavy (non-hydrogen) atoms. The fraction of sp³-hybridized carbons (Fsp3) is 0.346. The summed E-state index contributed by atoms with van der Waals surface area (Å²) in [7, 11) is 0. The van der Waals surface area contributed by atoms with Crippen molar-refractivity contribution in [3.63, 3.8) is 0 Å². The van der Waals surface area contributed by atoms with Crippen LogP contribution in [0, 0.1) is 11.6 Å². The van der Waals surface area contributed by atoms with Crippen LogP contribution in [0.2, 0.25) is 0 Å². The molecular weight excluding hydrogens is 422 g/mol. The first kappa shape index (κ1) is 23.0. The molecule has 0 bridgehead atoms. The summed E-state index contributed by atoms with van der Waals surface area (Å²) in [5, 5.41) is 0. The highest BCUT2D eigenvalue weighted by Crippen LogP contribution is 2.30. The lowest BCUT2D eigenvalue weighted by Crippen LogP contribution is -2.48. The van der Waals surface area contributed by atoms with Crippen LogP contribution in [0.3, 0.4) is 0 Å². The van der Waals surface area contributed by atoms with Gasteiger partial charge in [0.05, 0.1) is 6.54 Å². The molecule has 0 unspecified atom stereocenters. The second kappa shape index (κ2) is 11.1. The first-order chi connectivity index (χ1) is 16.1. The summed E-state index contributed by atoms with van der Waals surface area (Å²) in [6, 6.07) is 14.6. The van der Waals surface area contributed by atoms with Gasteiger partial charge >= 0.3 is 0 Å². The number of ketones is 1. The summed E-state index contributed by atoms with van der Waals surface area (Å²) < 4.78 is 26.8. The molecular formula is C26H28F2N4O. The van der Waals surface area contributed by atoms with Crippen molar-refractivity contribution in [2.24, 2.45) is 0 Å². The summed E-state index contributed by atoms with van der Waals surface area (Å²) in [4.78, 5) is 25.5. The first-order valence-electron chi connectivity index (χ1n) is 11.4. The van der Waals surface area contributed by atoms with E-state index in [0.29, 0.717) is 13.0 Å². The highest BCUT2D eigenvalue weighted by molar-refractivity contribution is 5.80. The molecule has 0 spiro atoms. The summed E-state index contributed by atoms with van der Waals surface area (Å²) in [6.07, 6.45) is 5.42. The normalized spacial score (nSPS) is 14.6. The van der Waals surface area contributed by atoms with Crippen molar-refractivity contribution in [3.8, 4) is 0 Å². The van der Waals surface area contributed by atoms with Crippen LogP contribution >= 0.6 is 0 Å². The van der Waals surface area contributed by atoms with E-state index in [2.05, 4.69) is 19.8 Å². The maximum atomic E-state index is 13.4. The zero-order chi connectivity index (χ0) is 23.0. The van der Waals surface area contributed by atoms with Gasteiger partial charge in [-0.3, -0.25) is 9.69 Å². The molecule has 5 nitrogen and oxygen atoms in total. The summed E-state index contributed by atoms with van der Waals surface area (Å²) in [6.45, 7) is 3.65. The Bertz CT molecular complexity index is 975. The van der Waals surface area contributed by atoms with Crippen LogP contribution in [0.25, 0.3) is 0 Å². The molecule has 1 aliphatic heterocycles. The SMILES string of the molecule is O=C(CCCC(c1ccc(F)cc1)c1ccc(F)cc1)CN1CCN(c2ncccn2)CC1. The zero-order valence-corrected chi connectivity index (χ0v) is 18.5. The Morgan fingerprint density at radius 3 is 1.94 bits per heavy atom. The van der Waals surface area contributed by atoms with Crippen molar-refractivity contribution in [1.82, 2.24) is 14.9 Å². The quantitative estimate of drug-likeness (QED) is 0.482. The van der Waals surface area contributed by atoms with E-state index >= 15 is 0 Å². The lowest BCUT2D eigenvalue weighted by molar-refractivity contribution is -0.120. The van der Waals surface area contributed by atoms with Crippen molar-refractivity contribution >= 4 is 11.7 Å². The fourth-order valence-corrected chi connectivity index (χ4v) is 4.31. The van der Waals surface area contributed by atoms with Crippen LogP contribution in [0.15, 0.2) is 67.0 Å². The maximum absolute atomic E-state index is 13.4. The molecule has 0 atom stereocenters. The number of anilines is 1. The molecule has 1 fully saturated rings. The van der Waals surface area contributed by atoms with E-state index in [-0.39, 0.29) is 23.3 Å². The fourth-order valence-electron chi connectivity index (χ4n) is 4.31. The highest BCUT2D eigenvalue weighted by atomic mass is 19.1. The van der Waals surface area contributed by atoms with Crippen LogP contribution < -0.4 is 4.90 Å². The average molecular weight is 451 g/mol. The molecule has 2 heterocycles. The lowest BCUT2D eigenvalue weighted by atomic mass is 9.86. The highest BCUT2D eigenvalue weighted by Gasteiger charge is 2.21. The third kappa shape index (κ3) is 6.42. The molecule has 4 rings (SSSR count). The Morgan fingerprint density at radius 2 is 1.39 bits per heavy atom. The Balaban J connectivity index is 1.28. The summed E-state index contributed by atoms with van der Waals surface area (Å²) in [5.74, 6) is 0.373. The van der Waals surface area contributed by atoms with Gasteiger partial charge in [0.2, 0.25) is 5.95 Å². The van der Waals surface area contributed by atoms with Gasteiger partial charge in [0.15, 0.2) is 0 Å². The molecule has 0 radical (unpaired) electrons. The van der Waals surface area contributed by atoms with E-state index in [1.54, 1.807) is 42.7 Å². The number of Topliss-reactive ketones (excluding diaryl/α,β-unsaturated/α-hetero) is 1. The number of nitrogens with zero attached hydrogens (tertiary/aromatic N) is 4. The number of halogens is 2. The number of carbonyl (C=O) groups excluding carboxylic acids is 1. The van der Waals surface area contributed by atoms with Crippen LogP contribution in [0.1, 0.15) is 36.3 Å². The molecule has 7 heteroatoms. The number of piperazine rings is 1. The smallest absolute Gasteiger partial charge is 0.225 e. The number of benzene rings is 2. The minimum absolute atomic E-state index is 0.00610. The van der Waals surface area contributed by atoms with Gasteiger partial charge < -0.3 is 4.90 Å². The second-order valence-corrected chi connectivity index (χ2v) is 8.40. The molecule has 1 aliphatic rings. The third-order valence-electron chi connectivity index (χ3n) is 6.10. The Labute approximate surface area is 193 Å². The van der Waals surface area contributed by atoms with Gasteiger partial charge in [0, 0.05) is 50.9 Å². The largest absolute Gasteiger partial charge is 0.338 e. The molecule has 0 amide bonds. The van der Waals surface area contributed by atoms with E-state index in [0.717, 1.165) is 56.1 Å². The molecule has 2 aromatic carbocycles. The molecule has 1 saturated heterocycles. The van der Waals surface area contributed by atoms with Gasteiger partial charge in [-0.05, 0) is 54.3 Å². The second-order valence-electron chi connectivity index (χ2n) is 8.40. The number of rotatable bonds is 9. The van der Waals surface area contributed by atoms with Crippen LogP contribution in [0.5, 0.6) is 0 Å². The number of aromatic nitrogens is 2. The van der Waals surface area contributed by atoms with E-state index < -0.39 is 0 Å². The van der Waals surface area contributed by atoms with E-state index in [4.69, 9.17) is 0 Å². The monoisotopic (exact) mass is 450 g/mol. The van der Waals surface area contributed by atoms with Crippen molar-refractivity contribution < 1.29 is 13.6 Å². The summed E-state index contributed by atoms with van der Waals surface area (Å²) >= 11 is 0. The van der Waals surface area contributed by atoms with Crippen molar-refractivity contribution in [2.75, 3.05) is 37.6 Å². The van der Waals surface area contributed by atoms with Gasteiger partial charge in [-0.2, -0.15) is 0 Å². The van der Waals surface area contributed by atoms with Crippen molar-refractivity contribution in [1.29, 1.82) is 0 Å². The topological polar surface area (TPSA) is 49.3 Å². The predicted molar refractivity (Wildman–Crippen MR) is 124 cm³/mol. The van der Waals surface area contributed by atoms with Gasteiger partial charge in [0.1, 0.15) is 17.4 Å². The van der Waals surface area contributed by atoms with E-state index in [9.17, 15) is 13.6 Å². The van der Waals surface area contributed by atoms with Gasteiger partial charge in [-0.15, -0.1) is 0 Å². The van der Waals surface area contributed by atoms with Gasteiger partial charge in [0.25, 0.3) is 0 Å². The van der Waals surface area contributed by atoms with Crippen LogP contribution in [0.4, 0.5) is 14.7 Å². The Morgan fingerprint density at radius 1 is 0.848 bits per heavy atom. The molecule has 0 saturated carbocycles. The average Bonchev–Trinajstić information content (AvgIpc) is 2.84. The van der Waals surface area contributed by atoms with Gasteiger partial charge in [-0.25, -0.2) is 18.7 Å². The zero-order valence-electron chi connectivity index (χ0n) is 18.5. The minimum Gasteiger partial charge on any atom is -0.338 e. The first-order valence-corrected chi connectivity index (χ1v) is 11.4. The minimum atomic E-state index is -0.286. The standard InChI is InChI=1S/C26H28F2N4O/c27-22-9-5-20(6-10-22)25(21-7-11-23(28)12-8-21)4-1-3-24(33)19-31-15-17-32(18-16-31)26-29-13-2-14-30-26/h2,5-14,25H,1,3-4,15-19H2. The Hall–Kier alpha value is -3.19. The lowest BCUT2D eigenvalue weighted by Gasteiger charge is -2.34. The number of carbonyl (C=O) groups is 1. The number of hydrogen-bond donors (Lipinski definition) is 0. The number of hydrogen-bond acceptors (Lipinski definition) is 5. The van der Waals surface area contributed by atoms with E-state index in [1.165, 1.54) is 24.3 Å². The van der Waals surface area contributed by atoms with Crippen LogP contribution in [-0.4, -0.2) is 53.4 Å². The van der Waals surface area contributed by atoms with Gasteiger partial charge in [-0.1, -0.05) is 24.3 Å². The van der Waals surface area contributed by atoms with E-state index in [1.807, 2.05) is 0 Å². The molecule has 172 valence electrons. The third-order valence-corrected chi connectivity index (χ3v) is 6.10.